The number of methoxy groups -OCH3 is 1. The number of carbonyl (C=O) groups is 3. The predicted octanol–water partition coefficient (Wildman–Crippen LogP) is 5.81. The van der Waals surface area contributed by atoms with Crippen LogP contribution in [0.1, 0.15) is 49.9 Å². The molecule has 1 aliphatic carbocycles. The van der Waals surface area contributed by atoms with Crippen LogP contribution in [-0.2, 0) is 9.53 Å². The Bertz CT molecular complexity index is 1240. The minimum absolute atomic E-state index is 0.0544. The Morgan fingerprint density at radius 3 is 2.26 bits per heavy atom. The molecule has 2 aromatic carbocycles. The fourth-order valence-electron chi connectivity index (χ4n) is 5.28. The van der Waals surface area contributed by atoms with Gasteiger partial charge in [0.25, 0.3) is 0 Å². The van der Waals surface area contributed by atoms with Gasteiger partial charge < -0.3 is 29.5 Å². The van der Waals surface area contributed by atoms with Crippen LogP contribution in [0, 0.1) is 5.41 Å². The first-order valence-corrected chi connectivity index (χ1v) is 15.3. The zero-order chi connectivity index (χ0) is 30.3. The van der Waals surface area contributed by atoms with Crippen LogP contribution in [0.2, 0.25) is 10.0 Å². The SMILES string of the molecule is CCN1CCC2(CC1)CC2.COc1ccc(C(=O)OCCN2CCN(C(=O)Nc3ccc(Cl)c(Cl)c3)[C@@H](C)C2=O)cc1. The number of nitrogens with zero attached hydrogens (tertiary/aromatic N) is 3. The molecule has 0 bridgehead atoms. The summed E-state index contributed by atoms with van der Waals surface area (Å²) < 4.78 is 10.3. The van der Waals surface area contributed by atoms with E-state index in [9.17, 15) is 14.4 Å². The van der Waals surface area contributed by atoms with E-state index in [1.807, 2.05) is 0 Å². The fourth-order valence-corrected chi connectivity index (χ4v) is 5.58. The van der Waals surface area contributed by atoms with Crippen LogP contribution >= 0.6 is 23.2 Å². The van der Waals surface area contributed by atoms with Gasteiger partial charge >= 0.3 is 12.0 Å². The molecule has 2 aromatic rings. The average molecular weight is 620 g/mol. The molecule has 2 aliphatic heterocycles. The lowest BCUT2D eigenvalue weighted by molar-refractivity contribution is -0.139. The maximum atomic E-state index is 12.7. The van der Waals surface area contributed by atoms with Crippen LogP contribution in [0.4, 0.5) is 10.5 Å². The van der Waals surface area contributed by atoms with Crippen molar-refractivity contribution in [2.45, 2.75) is 45.6 Å². The van der Waals surface area contributed by atoms with Gasteiger partial charge in [-0.15, -0.1) is 0 Å². The van der Waals surface area contributed by atoms with Gasteiger partial charge in [-0.05, 0) is 100 Å². The highest BCUT2D eigenvalue weighted by atomic mass is 35.5. The average Bonchev–Trinajstić information content (AvgIpc) is 3.76. The van der Waals surface area contributed by atoms with Gasteiger partial charge in [0, 0.05) is 18.8 Å². The third kappa shape index (κ3) is 8.30. The van der Waals surface area contributed by atoms with E-state index < -0.39 is 18.0 Å². The second-order valence-electron chi connectivity index (χ2n) is 11.1. The number of nitrogens with one attached hydrogen (secondary N) is 1. The largest absolute Gasteiger partial charge is 0.497 e. The number of esters is 1. The maximum Gasteiger partial charge on any atom is 0.338 e. The molecular weight excluding hydrogens is 579 g/mol. The quantitative estimate of drug-likeness (QED) is 0.394. The number of hydrogen-bond acceptors (Lipinski definition) is 6. The van der Waals surface area contributed by atoms with Crippen molar-refractivity contribution in [1.82, 2.24) is 14.7 Å². The van der Waals surface area contributed by atoms with Gasteiger partial charge in [0.1, 0.15) is 18.4 Å². The lowest BCUT2D eigenvalue weighted by atomic mass is 9.94. The summed E-state index contributed by atoms with van der Waals surface area (Å²) in [6, 6.07) is 10.2. The van der Waals surface area contributed by atoms with Crippen LogP contribution in [0.5, 0.6) is 5.75 Å². The number of amides is 3. The number of benzene rings is 2. The summed E-state index contributed by atoms with van der Waals surface area (Å²) in [7, 11) is 1.54. The van der Waals surface area contributed by atoms with Gasteiger partial charge in [0.15, 0.2) is 0 Å². The minimum Gasteiger partial charge on any atom is -0.497 e. The molecule has 228 valence electrons. The molecule has 1 spiro atoms. The van der Waals surface area contributed by atoms with E-state index in [1.54, 1.807) is 61.4 Å². The molecule has 9 nitrogen and oxygen atoms in total. The summed E-state index contributed by atoms with van der Waals surface area (Å²) in [5, 5.41) is 3.43. The van der Waals surface area contributed by atoms with Crippen molar-refractivity contribution < 1.29 is 23.9 Å². The van der Waals surface area contributed by atoms with Gasteiger partial charge in [-0.25, -0.2) is 9.59 Å². The highest BCUT2D eigenvalue weighted by Gasteiger charge is 2.44. The first-order valence-electron chi connectivity index (χ1n) is 14.5. The summed E-state index contributed by atoms with van der Waals surface area (Å²) in [4.78, 5) is 43.1. The molecular formula is C31H40Cl2N4O5. The number of ether oxygens (including phenoxy) is 2. The van der Waals surface area contributed by atoms with Gasteiger partial charge in [0.2, 0.25) is 5.91 Å². The first-order chi connectivity index (χ1) is 20.1. The first kappa shape index (κ1) is 31.9. The lowest BCUT2D eigenvalue weighted by Crippen LogP contribution is -2.58. The number of hydrogen-bond donors (Lipinski definition) is 1. The third-order valence-electron chi connectivity index (χ3n) is 8.42. The van der Waals surface area contributed by atoms with Crippen LogP contribution in [-0.4, -0.2) is 91.6 Å². The number of rotatable bonds is 7. The highest BCUT2D eigenvalue weighted by molar-refractivity contribution is 6.42. The topological polar surface area (TPSA) is 91.4 Å². The van der Waals surface area contributed by atoms with E-state index in [0.717, 1.165) is 5.41 Å². The Morgan fingerprint density at radius 2 is 1.67 bits per heavy atom. The van der Waals surface area contributed by atoms with Gasteiger partial charge in [-0.1, -0.05) is 30.1 Å². The van der Waals surface area contributed by atoms with Crippen LogP contribution in [0.3, 0.4) is 0 Å². The molecule has 0 unspecified atom stereocenters. The van der Waals surface area contributed by atoms with Gasteiger partial charge in [-0.2, -0.15) is 0 Å². The Balaban J connectivity index is 0.000000337. The molecule has 1 N–H and O–H groups in total. The van der Waals surface area contributed by atoms with E-state index in [4.69, 9.17) is 32.7 Å². The molecule has 1 atom stereocenters. The summed E-state index contributed by atoms with van der Waals surface area (Å²) in [5.74, 6) is -0.0592. The number of halogens is 2. The molecule has 11 heteroatoms. The zero-order valence-corrected chi connectivity index (χ0v) is 26.0. The summed E-state index contributed by atoms with van der Waals surface area (Å²) in [6.07, 6.45) is 6.04. The number of piperazine rings is 1. The molecule has 1 saturated carbocycles. The van der Waals surface area contributed by atoms with Crippen LogP contribution in [0.15, 0.2) is 42.5 Å². The Kier molecular flexibility index (Phi) is 11.0. The van der Waals surface area contributed by atoms with Crippen molar-refractivity contribution in [3.05, 3.63) is 58.1 Å². The van der Waals surface area contributed by atoms with E-state index in [-0.39, 0.29) is 19.1 Å². The Hall–Kier alpha value is -3.01. The third-order valence-corrected chi connectivity index (χ3v) is 9.16. The second kappa shape index (κ2) is 14.4. The number of likely N-dealkylation sites (tertiary alicyclic amines) is 1. The Labute approximate surface area is 258 Å². The molecule has 0 aromatic heterocycles. The monoisotopic (exact) mass is 618 g/mol. The van der Waals surface area contributed by atoms with Crippen molar-refractivity contribution in [3.63, 3.8) is 0 Å². The van der Waals surface area contributed by atoms with Gasteiger partial charge in [-0.3, -0.25) is 4.79 Å². The minimum atomic E-state index is -0.663. The predicted molar refractivity (Wildman–Crippen MR) is 165 cm³/mol. The highest BCUT2D eigenvalue weighted by Crippen LogP contribution is 2.53. The van der Waals surface area contributed by atoms with Crippen molar-refractivity contribution in [1.29, 1.82) is 0 Å². The van der Waals surface area contributed by atoms with E-state index >= 15 is 0 Å². The van der Waals surface area contributed by atoms with E-state index in [0.29, 0.717) is 40.1 Å². The van der Waals surface area contributed by atoms with Crippen LogP contribution < -0.4 is 10.1 Å². The van der Waals surface area contributed by atoms with Crippen molar-refractivity contribution in [3.8, 4) is 5.75 Å². The molecule has 3 aliphatic rings. The molecule has 2 saturated heterocycles. The standard InChI is InChI=1S/C22H23Cl2N3O5.C9H17N/c1-14-20(28)26(11-12-32-21(29)15-3-6-17(31-2)7-4-15)9-10-27(14)22(30)25-16-5-8-18(23)19(24)13-16;1-2-10-7-5-9(3-4-9)6-8-10/h3-8,13-14H,9-12H2,1-2H3,(H,25,30);2-8H2,1H3/t14-;/m0./s1. The normalized spacial score (nSPS) is 19.5. The lowest BCUT2D eigenvalue weighted by Gasteiger charge is -2.38. The summed E-state index contributed by atoms with van der Waals surface area (Å²) in [5.41, 5.74) is 1.75. The van der Waals surface area contributed by atoms with Crippen LogP contribution in [0.25, 0.3) is 0 Å². The smallest absolute Gasteiger partial charge is 0.338 e. The second-order valence-corrected chi connectivity index (χ2v) is 11.9. The Morgan fingerprint density at radius 1 is 0.976 bits per heavy atom. The fraction of sp³-hybridized carbons (Fsp3) is 0.516. The summed E-state index contributed by atoms with van der Waals surface area (Å²) >= 11 is 11.9. The summed E-state index contributed by atoms with van der Waals surface area (Å²) in [6.45, 7) is 8.90. The maximum absolute atomic E-state index is 12.7. The molecule has 3 amide bonds. The molecule has 0 radical (unpaired) electrons. The van der Waals surface area contributed by atoms with Crippen molar-refractivity contribution >= 4 is 46.8 Å². The number of anilines is 1. The number of carbonyl (C=O) groups excluding carboxylic acids is 3. The molecule has 5 rings (SSSR count). The van der Waals surface area contributed by atoms with E-state index in [1.165, 1.54) is 50.2 Å². The zero-order valence-electron chi connectivity index (χ0n) is 24.5. The number of urea groups is 1. The van der Waals surface area contributed by atoms with E-state index in [2.05, 4.69) is 17.1 Å². The molecule has 3 fully saturated rings. The van der Waals surface area contributed by atoms with Crippen molar-refractivity contribution in [2.24, 2.45) is 5.41 Å². The van der Waals surface area contributed by atoms with Crippen molar-refractivity contribution in [2.75, 3.05) is 58.3 Å². The van der Waals surface area contributed by atoms with Gasteiger partial charge in [0.05, 0.1) is 29.3 Å². The molecule has 42 heavy (non-hydrogen) atoms. The number of piperidine rings is 1. The molecule has 2 heterocycles.